The van der Waals surface area contributed by atoms with Crippen molar-refractivity contribution in [2.45, 2.75) is 13.3 Å². The molecule has 0 amide bonds. The number of benzene rings is 1. The van der Waals surface area contributed by atoms with E-state index in [0.29, 0.717) is 5.75 Å². The molecule has 0 radical (unpaired) electrons. The average Bonchev–Trinajstić information content (AvgIpc) is 2.01. The molecule has 0 aliphatic carbocycles. The molecule has 1 aromatic carbocycles. The van der Waals surface area contributed by atoms with Crippen molar-refractivity contribution < 1.29 is 5.11 Å². The summed E-state index contributed by atoms with van der Waals surface area (Å²) in [5.74, 6) is 0.322. The highest BCUT2D eigenvalue weighted by Crippen LogP contribution is 2.28. The number of allylic oxidation sites excluding steroid dienone is 1. The van der Waals surface area contributed by atoms with Crippen LogP contribution in [0.3, 0.4) is 0 Å². The van der Waals surface area contributed by atoms with Gasteiger partial charge < -0.3 is 5.11 Å². The van der Waals surface area contributed by atoms with Gasteiger partial charge in [-0.1, -0.05) is 12.1 Å². The smallest absolute Gasteiger partial charge is 0.132 e. The summed E-state index contributed by atoms with van der Waals surface area (Å²) in [5.41, 5.74) is 2.05. The molecule has 2 heteroatoms. The van der Waals surface area contributed by atoms with Gasteiger partial charge in [0.2, 0.25) is 0 Å². The van der Waals surface area contributed by atoms with Crippen LogP contribution in [0.15, 0.2) is 29.3 Å². The van der Waals surface area contributed by atoms with Gasteiger partial charge in [0.05, 0.1) is 4.47 Å². The molecule has 0 unspecified atom stereocenters. The Hall–Kier alpha value is -0.760. The van der Waals surface area contributed by atoms with Crippen molar-refractivity contribution in [3.63, 3.8) is 0 Å². The zero-order valence-electron chi connectivity index (χ0n) is 6.97. The van der Waals surface area contributed by atoms with E-state index < -0.39 is 0 Å². The van der Waals surface area contributed by atoms with Crippen molar-refractivity contribution >= 4 is 15.9 Å². The van der Waals surface area contributed by atoms with E-state index in [1.807, 2.05) is 25.1 Å². The molecule has 0 fully saturated rings. The highest BCUT2D eigenvalue weighted by atomic mass is 79.9. The summed E-state index contributed by atoms with van der Waals surface area (Å²) in [7, 11) is 0. The van der Waals surface area contributed by atoms with Crippen molar-refractivity contribution in [2.75, 3.05) is 0 Å². The number of phenolic OH excluding ortho intramolecular Hbond substituents is 1. The lowest BCUT2D eigenvalue weighted by Crippen LogP contribution is -1.84. The van der Waals surface area contributed by atoms with Crippen molar-refractivity contribution in [1.29, 1.82) is 0 Å². The van der Waals surface area contributed by atoms with Gasteiger partial charge in [0, 0.05) is 0 Å². The van der Waals surface area contributed by atoms with Crippen LogP contribution in [0.25, 0.3) is 0 Å². The van der Waals surface area contributed by atoms with Gasteiger partial charge in [0.15, 0.2) is 0 Å². The predicted octanol–water partition coefficient (Wildman–Crippen LogP) is 3.19. The van der Waals surface area contributed by atoms with E-state index >= 15 is 0 Å². The lowest BCUT2D eigenvalue weighted by Gasteiger charge is -2.04. The van der Waals surface area contributed by atoms with Crippen LogP contribution in [0.4, 0.5) is 0 Å². The fourth-order valence-corrected chi connectivity index (χ4v) is 1.70. The van der Waals surface area contributed by atoms with E-state index in [9.17, 15) is 5.11 Å². The van der Waals surface area contributed by atoms with Crippen molar-refractivity contribution in [3.05, 3.63) is 40.4 Å². The van der Waals surface area contributed by atoms with Crippen LogP contribution in [-0.4, -0.2) is 5.11 Å². The van der Waals surface area contributed by atoms with Gasteiger partial charge >= 0.3 is 0 Å². The van der Waals surface area contributed by atoms with Crippen LogP contribution in [0, 0.1) is 6.92 Å². The molecule has 0 saturated carbocycles. The number of aromatic hydroxyl groups is 1. The summed E-state index contributed by atoms with van der Waals surface area (Å²) in [6, 6.07) is 3.87. The summed E-state index contributed by atoms with van der Waals surface area (Å²) < 4.78 is 0.749. The summed E-state index contributed by atoms with van der Waals surface area (Å²) in [6.07, 6.45) is 2.68. The van der Waals surface area contributed by atoms with Crippen LogP contribution in [0.2, 0.25) is 0 Å². The average molecular weight is 227 g/mol. The van der Waals surface area contributed by atoms with E-state index in [2.05, 4.69) is 22.5 Å². The molecule has 0 aliphatic rings. The third-order valence-corrected chi connectivity index (χ3v) is 2.30. The van der Waals surface area contributed by atoms with Crippen LogP contribution in [-0.2, 0) is 6.42 Å². The molecular weight excluding hydrogens is 216 g/mol. The fraction of sp³-hybridized carbons (Fsp3) is 0.200. The first-order valence-electron chi connectivity index (χ1n) is 3.74. The largest absolute Gasteiger partial charge is 0.506 e. The van der Waals surface area contributed by atoms with Crippen molar-refractivity contribution in [1.82, 2.24) is 0 Å². The monoisotopic (exact) mass is 226 g/mol. The number of hydrogen-bond donors (Lipinski definition) is 1. The number of halogens is 1. The highest BCUT2D eigenvalue weighted by molar-refractivity contribution is 9.10. The third kappa shape index (κ3) is 1.89. The Morgan fingerprint density at radius 2 is 2.25 bits per heavy atom. The SMILES string of the molecule is C=CCc1cc(C)c(O)c(Br)c1. The Morgan fingerprint density at radius 1 is 1.58 bits per heavy atom. The van der Waals surface area contributed by atoms with Gasteiger partial charge in [-0.3, -0.25) is 0 Å². The molecule has 1 aromatic rings. The highest BCUT2D eigenvalue weighted by Gasteiger charge is 2.02. The number of rotatable bonds is 2. The van der Waals surface area contributed by atoms with E-state index in [0.717, 1.165) is 22.0 Å². The topological polar surface area (TPSA) is 20.2 Å². The molecule has 64 valence electrons. The molecule has 1 rings (SSSR count). The first-order chi connectivity index (χ1) is 5.65. The molecule has 0 saturated heterocycles. The normalized spacial score (nSPS) is 9.83. The molecule has 1 nitrogen and oxygen atoms in total. The van der Waals surface area contributed by atoms with E-state index in [4.69, 9.17) is 0 Å². The van der Waals surface area contributed by atoms with Gasteiger partial charge in [0.25, 0.3) is 0 Å². The van der Waals surface area contributed by atoms with Gasteiger partial charge in [-0.05, 0) is 46.5 Å². The van der Waals surface area contributed by atoms with Gasteiger partial charge in [-0.25, -0.2) is 0 Å². The summed E-state index contributed by atoms with van der Waals surface area (Å²) in [5, 5.41) is 9.43. The Labute approximate surface area is 80.9 Å². The van der Waals surface area contributed by atoms with E-state index in [1.54, 1.807) is 0 Å². The van der Waals surface area contributed by atoms with Crippen LogP contribution in [0.5, 0.6) is 5.75 Å². The second-order valence-corrected chi connectivity index (χ2v) is 3.59. The second-order valence-electron chi connectivity index (χ2n) is 2.74. The fourth-order valence-electron chi connectivity index (χ4n) is 1.09. The molecule has 0 atom stereocenters. The predicted molar refractivity (Wildman–Crippen MR) is 54.4 cm³/mol. The molecule has 0 bridgehead atoms. The van der Waals surface area contributed by atoms with E-state index in [1.165, 1.54) is 0 Å². The van der Waals surface area contributed by atoms with Gasteiger partial charge in [0.1, 0.15) is 5.75 Å². The number of aryl methyl sites for hydroxylation is 1. The Kier molecular flexibility index (Phi) is 2.93. The molecule has 0 aromatic heterocycles. The molecule has 0 aliphatic heterocycles. The maximum absolute atomic E-state index is 9.43. The molecule has 0 heterocycles. The quantitative estimate of drug-likeness (QED) is 0.769. The maximum atomic E-state index is 9.43. The van der Waals surface area contributed by atoms with Crippen molar-refractivity contribution in [2.24, 2.45) is 0 Å². The van der Waals surface area contributed by atoms with Crippen LogP contribution >= 0.6 is 15.9 Å². The minimum Gasteiger partial charge on any atom is -0.506 e. The minimum absolute atomic E-state index is 0.322. The molecule has 12 heavy (non-hydrogen) atoms. The van der Waals surface area contributed by atoms with Gasteiger partial charge in [-0.2, -0.15) is 0 Å². The van der Waals surface area contributed by atoms with Crippen LogP contribution < -0.4 is 0 Å². The first-order valence-corrected chi connectivity index (χ1v) is 4.53. The zero-order chi connectivity index (χ0) is 9.14. The Balaban J connectivity index is 3.11. The van der Waals surface area contributed by atoms with Crippen LogP contribution in [0.1, 0.15) is 11.1 Å². The molecular formula is C10H11BrO. The lowest BCUT2D eigenvalue weighted by molar-refractivity contribution is 0.467. The lowest BCUT2D eigenvalue weighted by atomic mass is 10.1. The molecule has 1 N–H and O–H groups in total. The number of hydrogen-bond acceptors (Lipinski definition) is 1. The Morgan fingerprint density at radius 3 is 2.75 bits per heavy atom. The first kappa shape index (κ1) is 9.33. The standard InChI is InChI=1S/C10H11BrO/c1-3-4-8-5-7(2)10(12)9(11)6-8/h3,5-6,12H,1,4H2,2H3. The third-order valence-electron chi connectivity index (χ3n) is 1.69. The summed E-state index contributed by atoms with van der Waals surface area (Å²) in [4.78, 5) is 0. The minimum atomic E-state index is 0.322. The van der Waals surface area contributed by atoms with Gasteiger partial charge in [-0.15, -0.1) is 6.58 Å². The zero-order valence-corrected chi connectivity index (χ0v) is 8.56. The Bertz CT molecular complexity index is 282. The summed E-state index contributed by atoms with van der Waals surface area (Å²) in [6.45, 7) is 5.54. The summed E-state index contributed by atoms with van der Waals surface area (Å²) >= 11 is 3.28. The molecule has 0 spiro atoms. The number of phenols is 1. The second kappa shape index (κ2) is 3.76. The maximum Gasteiger partial charge on any atom is 0.132 e. The van der Waals surface area contributed by atoms with E-state index in [-0.39, 0.29) is 0 Å². The van der Waals surface area contributed by atoms with Crippen molar-refractivity contribution in [3.8, 4) is 5.75 Å².